The van der Waals surface area contributed by atoms with E-state index in [1.54, 1.807) is 32.0 Å². The van der Waals surface area contributed by atoms with E-state index in [1.165, 1.54) is 28.3 Å². The minimum Gasteiger partial charge on any atom is -1.00 e. The molecule has 4 rings (SSSR count). The van der Waals surface area contributed by atoms with Crippen LogP contribution in [0, 0.1) is 15.5 Å². The van der Waals surface area contributed by atoms with Crippen molar-refractivity contribution in [3.05, 3.63) is 101 Å². The quantitative estimate of drug-likeness (QED) is 0.0825. The molecule has 0 unspecified atom stereocenters. The van der Waals surface area contributed by atoms with Crippen molar-refractivity contribution in [3.63, 3.8) is 0 Å². The number of carboxylic acid groups (broad SMARTS) is 1. The maximum absolute atomic E-state index is 10.2. The molecule has 232 valence electrons. The normalized spacial score (nSPS) is 9.45. The molecular weight excluding hydrogens is 749 g/mol. The van der Waals surface area contributed by atoms with Crippen LogP contribution in [0.2, 0.25) is 0 Å². The number of rotatable bonds is 2. The Labute approximate surface area is 265 Å². The van der Waals surface area contributed by atoms with E-state index in [9.17, 15) is 20.1 Å². The largest absolute Gasteiger partial charge is 4.00 e. The van der Waals surface area contributed by atoms with Crippen LogP contribution >= 0.6 is 0 Å². The Bertz CT molecular complexity index is 1320. The van der Waals surface area contributed by atoms with Gasteiger partial charge in [0.15, 0.2) is 0 Å². The average Bonchev–Trinajstić information content (AvgIpc) is 2.83. The fourth-order valence-corrected chi connectivity index (χ4v) is 2.78. The van der Waals surface area contributed by atoms with E-state index >= 15 is 0 Å². The molecule has 1 heterocycles. The van der Waals surface area contributed by atoms with E-state index in [0.717, 1.165) is 5.52 Å². The molecule has 0 atom stereocenters. The van der Waals surface area contributed by atoms with E-state index in [4.69, 9.17) is 15.3 Å². The van der Waals surface area contributed by atoms with Gasteiger partial charge in [-0.2, -0.15) is 0 Å². The summed E-state index contributed by atoms with van der Waals surface area (Å²) in [5.41, 5.74) is 0.544. The first-order valence-corrected chi connectivity index (χ1v) is 11.4. The first-order valence-electron chi connectivity index (χ1n) is 11.4. The summed E-state index contributed by atoms with van der Waals surface area (Å²) in [7, 11) is 0. The minimum absolute atomic E-state index is 0. The summed E-state index contributed by atoms with van der Waals surface area (Å²) in [5, 5.41) is 47.8. The van der Waals surface area contributed by atoms with Gasteiger partial charge in [-0.15, -0.1) is 16.2 Å². The molecule has 7 N–H and O–H groups in total. The molecule has 0 aliphatic heterocycles. The molecule has 0 aliphatic carbocycles. The predicted molar refractivity (Wildman–Crippen MR) is 150 cm³/mol. The first-order chi connectivity index (χ1) is 17.7. The van der Waals surface area contributed by atoms with Crippen LogP contribution in [-0.2, 0) is 21.1 Å². The van der Waals surface area contributed by atoms with Gasteiger partial charge in [-0.05, 0) is 36.3 Å². The third kappa shape index (κ3) is 15.8. The molecule has 14 heteroatoms. The molecule has 0 radical (unpaired) electrons. The van der Waals surface area contributed by atoms with E-state index in [2.05, 4.69) is 40.3 Å². The SMILES string of the molecule is CC(C)(C)C(C)(C)N=C([O-])[O-].N.N.O=C([O-])c1ccccc1.O=[N+]([O-])O.[Cl-].[Pt+4].c1ccc2c(c1)cnc1ccccc12. The second-order valence-electron chi connectivity index (χ2n) is 9.44. The number of para-hydroxylation sites is 1. The summed E-state index contributed by atoms with van der Waals surface area (Å²) in [6.07, 6.45) is 0.586. The summed E-state index contributed by atoms with van der Waals surface area (Å²) >= 11 is 0. The van der Waals surface area contributed by atoms with E-state index in [0.29, 0.717) is 0 Å². The monoisotopic (exact) mass is 784 g/mol. The van der Waals surface area contributed by atoms with Crippen LogP contribution in [0.5, 0.6) is 0 Å². The van der Waals surface area contributed by atoms with E-state index in [1.807, 2.05) is 45.2 Å². The molecule has 42 heavy (non-hydrogen) atoms. The first kappa shape index (κ1) is 45.2. The molecule has 4 aromatic rings. The number of hydrogen-bond acceptors (Lipinski definition) is 10. The molecule has 3 aromatic carbocycles. The fraction of sp³-hybridized carbons (Fsp3) is 0.250. The Kier molecular flexibility index (Phi) is 22.5. The number of nitrogens with zero attached hydrogens (tertiary/aromatic N) is 3. The number of carbonyl (C=O) groups is 1. The Morgan fingerprint density at radius 1 is 0.810 bits per heavy atom. The van der Waals surface area contributed by atoms with Crippen LogP contribution in [0.3, 0.4) is 0 Å². The summed E-state index contributed by atoms with van der Waals surface area (Å²) < 4.78 is 0. The van der Waals surface area contributed by atoms with Gasteiger partial charge in [-0.3, -0.25) is 4.98 Å². The van der Waals surface area contributed by atoms with Gasteiger partial charge in [0, 0.05) is 17.0 Å². The smallest absolute Gasteiger partial charge is 1.00 e. The topological polar surface area (TPSA) is 245 Å². The number of halogens is 1. The molecule has 0 fully saturated rings. The Balaban J connectivity index is -0.000000237. The van der Waals surface area contributed by atoms with Crippen LogP contribution in [0.1, 0.15) is 45.0 Å². The summed E-state index contributed by atoms with van der Waals surface area (Å²) in [4.78, 5) is 26.3. The van der Waals surface area contributed by atoms with Crippen LogP contribution < -0.4 is 40.0 Å². The van der Waals surface area contributed by atoms with Crippen molar-refractivity contribution in [1.82, 2.24) is 17.3 Å². The van der Waals surface area contributed by atoms with Crippen molar-refractivity contribution < 1.29 is 63.9 Å². The number of hydrogen-bond donors (Lipinski definition) is 3. The van der Waals surface area contributed by atoms with Gasteiger partial charge in [0.05, 0.1) is 17.0 Å². The molecule has 0 saturated heterocycles. The van der Waals surface area contributed by atoms with Crippen molar-refractivity contribution in [2.24, 2.45) is 10.4 Å². The maximum atomic E-state index is 10.2. The van der Waals surface area contributed by atoms with Crippen LogP contribution in [0.25, 0.3) is 21.7 Å². The molecule has 0 aliphatic rings. The molecule has 12 nitrogen and oxygen atoms in total. The number of aromatic nitrogens is 1. The van der Waals surface area contributed by atoms with Gasteiger partial charge in [-0.1, -0.05) is 93.6 Å². The number of aliphatic imine (C=N–C) groups is 1. The number of aromatic carboxylic acids is 1. The second-order valence-corrected chi connectivity index (χ2v) is 9.44. The van der Waals surface area contributed by atoms with Gasteiger partial charge in [0.2, 0.25) is 0 Å². The fourth-order valence-electron chi connectivity index (χ4n) is 2.78. The maximum Gasteiger partial charge on any atom is 4.00 e. The Morgan fingerprint density at radius 3 is 1.64 bits per heavy atom. The van der Waals surface area contributed by atoms with Gasteiger partial charge < -0.3 is 55.0 Å². The van der Waals surface area contributed by atoms with E-state index in [-0.39, 0.29) is 56.8 Å². The zero-order valence-corrected chi connectivity index (χ0v) is 27.0. The third-order valence-corrected chi connectivity index (χ3v) is 5.71. The van der Waals surface area contributed by atoms with Crippen molar-refractivity contribution in [1.29, 1.82) is 0 Å². The predicted octanol–water partition coefficient (Wildman–Crippen LogP) is 0.304. The molecule has 0 amide bonds. The molecular formula is C28H36ClN5O7Pt. The van der Waals surface area contributed by atoms with E-state index < -0.39 is 22.7 Å². The number of fused-ring (bicyclic) bond motifs is 3. The Hall–Kier alpha value is -3.83. The molecule has 0 spiro atoms. The van der Waals surface area contributed by atoms with Crippen molar-refractivity contribution in [2.75, 3.05) is 0 Å². The van der Waals surface area contributed by atoms with Crippen LogP contribution in [-0.4, -0.2) is 32.9 Å². The third-order valence-electron chi connectivity index (χ3n) is 5.71. The van der Waals surface area contributed by atoms with Crippen molar-refractivity contribution in [3.8, 4) is 0 Å². The Morgan fingerprint density at radius 2 is 1.24 bits per heavy atom. The minimum atomic E-state index is -1.50. The van der Waals surface area contributed by atoms with Crippen molar-refractivity contribution in [2.45, 2.75) is 40.2 Å². The number of benzene rings is 3. The molecule has 0 saturated carbocycles. The molecule has 0 bridgehead atoms. The average molecular weight is 785 g/mol. The van der Waals surface area contributed by atoms with Gasteiger partial charge in [-0.25, -0.2) is 0 Å². The van der Waals surface area contributed by atoms with Crippen LogP contribution in [0.15, 0.2) is 90.1 Å². The van der Waals surface area contributed by atoms with Gasteiger partial charge >= 0.3 is 21.1 Å². The second kappa shape index (κ2) is 21.0. The van der Waals surface area contributed by atoms with Crippen molar-refractivity contribution >= 4 is 33.7 Å². The van der Waals surface area contributed by atoms with Gasteiger partial charge in [0.25, 0.3) is 5.09 Å². The zero-order valence-electron chi connectivity index (χ0n) is 23.9. The number of carbonyl (C=O) groups excluding carboxylic acids is 1. The summed E-state index contributed by atoms with van der Waals surface area (Å²) in [5.74, 6) is -1.13. The standard InChI is InChI=1S/C13H9N.C8H17NO2.C7H6O2.ClH.HNO3.2H3N.Pt/c1-2-6-11-10(5-1)9-14-13-8-4-3-7-12(11)13;1-7(2,3)8(4,5)9-6(10)11;8-7(9)6-4-2-1-3-5-6;;2-1(3)4;;;/h1-9H;1-5H3,(H2,9,10,11);1-5H,(H,8,9);1H;(H,2,3,4);2*1H3;/q;;;;;;;+4/p-4. The number of pyridine rings is 1. The summed E-state index contributed by atoms with van der Waals surface area (Å²) in [6.45, 7) is 9.39. The number of carboxylic acids is 1. The zero-order chi connectivity index (χ0) is 28.9. The summed E-state index contributed by atoms with van der Waals surface area (Å²) in [6, 6.07) is 24.6. The van der Waals surface area contributed by atoms with Crippen LogP contribution in [0.4, 0.5) is 0 Å². The van der Waals surface area contributed by atoms with Gasteiger partial charge in [0.1, 0.15) is 0 Å². The molecule has 1 aromatic heterocycles.